The highest BCUT2D eigenvalue weighted by molar-refractivity contribution is 7.99. The third-order valence-corrected chi connectivity index (χ3v) is 5.92. The van der Waals surface area contributed by atoms with Gasteiger partial charge in [-0.25, -0.2) is 4.98 Å². The van der Waals surface area contributed by atoms with E-state index in [9.17, 15) is 10.1 Å². The van der Waals surface area contributed by atoms with Gasteiger partial charge in [0, 0.05) is 35.6 Å². The highest BCUT2D eigenvalue weighted by atomic mass is 32.2. The molecule has 7 heteroatoms. The van der Waals surface area contributed by atoms with Gasteiger partial charge in [0.2, 0.25) is 0 Å². The van der Waals surface area contributed by atoms with E-state index in [1.54, 1.807) is 11.3 Å². The molecule has 0 saturated heterocycles. The monoisotopic (exact) mass is 387 g/mol. The zero-order valence-electron chi connectivity index (χ0n) is 15.1. The van der Waals surface area contributed by atoms with Gasteiger partial charge in [0.25, 0.3) is 0 Å². The number of thioether (sulfide) groups is 1. The van der Waals surface area contributed by atoms with E-state index in [1.807, 2.05) is 31.4 Å². The van der Waals surface area contributed by atoms with E-state index in [4.69, 9.17) is 9.72 Å². The molecule has 1 aliphatic heterocycles. The van der Waals surface area contributed by atoms with E-state index in [1.165, 1.54) is 11.8 Å². The Hall–Kier alpha value is -1.88. The Morgan fingerprint density at radius 3 is 3.00 bits per heavy atom. The molecule has 0 atom stereocenters. The first kappa shape index (κ1) is 18.9. The van der Waals surface area contributed by atoms with Crippen LogP contribution in [0, 0.1) is 11.3 Å². The number of hydrogen-bond acceptors (Lipinski definition) is 7. The third-order valence-electron chi connectivity index (χ3n) is 4.08. The van der Waals surface area contributed by atoms with Crippen LogP contribution in [0.1, 0.15) is 30.7 Å². The zero-order chi connectivity index (χ0) is 18.7. The first-order valence-electron chi connectivity index (χ1n) is 8.50. The molecule has 0 bridgehead atoms. The van der Waals surface area contributed by atoms with Crippen LogP contribution in [0.5, 0.6) is 0 Å². The smallest absolute Gasteiger partial charge is 0.316 e. The Balaban J connectivity index is 2.02. The number of fused-ring (bicyclic) bond motifs is 1. The summed E-state index contributed by atoms with van der Waals surface area (Å²) in [5.41, 5.74) is 3.69. The van der Waals surface area contributed by atoms with E-state index in [0.717, 1.165) is 41.2 Å². The van der Waals surface area contributed by atoms with Crippen LogP contribution in [0.25, 0.3) is 10.4 Å². The minimum atomic E-state index is -0.286. The van der Waals surface area contributed by atoms with Gasteiger partial charge in [-0.15, -0.1) is 11.3 Å². The molecule has 2 aromatic rings. The summed E-state index contributed by atoms with van der Waals surface area (Å²) in [6.07, 6.45) is 0.701. The van der Waals surface area contributed by atoms with Gasteiger partial charge in [0.05, 0.1) is 17.4 Å². The van der Waals surface area contributed by atoms with E-state index >= 15 is 0 Å². The first-order valence-corrected chi connectivity index (χ1v) is 10.4. The summed E-state index contributed by atoms with van der Waals surface area (Å²) in [6.45, 7) is 5.37. The van der Waals surface area contributed by atoms with Crippen LogP contribution in [0.4, 0.5) is 0 Å². The summed E-state index contributed by atoms with van der Waals surface area (Å²) in [5, 5.41) is 12.5. The number of carbonyl (C=O) groups is 1. The van der Waals surface area contributed by atoms with Crippen LogP contribution in [0.3, 0.4) is 0 Å². The molecule has 3 rings (SSSR count). The standard InChI is InChI=1S/C19H21N3O2S2/c1-12(2)24-17(23)11-26-19-13(9-20)18(16-5-4-8-25-16)14-10-22(3)7-6-15(14)21-19/h4-5,8,12H,6-7,10-11H2,1-3H3. The number of hydrogen-bond donors (Lipinski definition) is 0. The minimum absolute atomic E-state index is 0.146. The fraction of sp³-hybridized carbons (Fsp3) is 0.421. The van der Waals surface area contributed by atoms with Crippen LogP contribution < -0.4 is 0 Å². The van der Waals surface area contributed by atoms with Crippen molar-refractivity contribution in [1.82, 2.24) is 9.88 Å². The van der Waals surface area contributed by atoms with Gasteiger partial charge < -0.3 is 9.64 Å². The molecule has 0 aliphatic carbocycles. The van der Waals surface area contributed by atoms with Crippen LogP contribution in [0.2, 0.25) is 0 Å². The second-order valence-electron chi connectivity index (χ2n) is 6.50. The number of ether oxygens (including phenoxy) is 1. The van der Waals surface area contributed by atoms with Crippen molar-refractivity contribution in [2.75, 3.05) is 19.3 Å². The predicted octanol–water partition coefficient (Wildman–Crippen LogP) is 3.71. The summed E-state index contributed by atoms with van der Waals surface area (Å²) in [4.78, 5) is 20.0. The van der Waals surface area contributed by atoms with E-state index in [-0.39, 0.29) is 17.8 Å². The highest BCUT2D eigenvalue weighted by Crippen LogP contribution is 2.38. The lowest BCUT2D eigenvalue weighted by Crippen LogP contribution is -2.28. The molecule has 0 saturated carbocycles. The number of thiophene rings is 1. The number of pyridine rings is 1. The lowest BCUT2D eigenvalue weighted by atomic mass is 9.96. The van der Waals surface area contributed by atoms with Gasteiger partial charge in [-0.2, -0.15) is 5.26 Å². The molecular weight excluding hydrogens is 366 g/mol. The van der Waals surface area contributed by atoms with E-state index < -0.39 is 0 Å². The number of rotatable bonds is 5. The normalized spacial score (nSPS) is 14.1. The van der Waals surface area contributed by atoms with Crippen molar-refractivity contribution in [3.63, 3.8) is 0 Å². The number of likely N-dealkylation sites (N-methyl/N-ethyl adjacent to an activating group) is 1. The Kier molecular flexibility index (Phi) is 5.97. The molecule has 26 heavy (non-hydrogen) atoms. The molecular formula is C19H21N3O2S2. The van der Waals surface area contributed by atoms with E-state index in [0.29, 0.717) is 10.6 Å². The largest absolute Gasteiger partial charge is 0.462 e. The van der Waals surface area contributed by atoms with Crippen molar-refractivity contribution in [2.45, 2.75) is 37.9 Å². The molecule has 0 spiro atoms. The molecule has 0 unspecified atom stereocenters. The van der Waals surface area contributed by atoms with Gasteiger partial charge in [-0.3, -0.25) is 4.79 Å². The molecule has 3 heterocycles. The molecule has 0 radical (unpaired) electrons. The number of esters is 1. The lowest BCUT2D eigenvalue weighted by Gasteiger charge is -2.27. The van der Waals surface area contributed by atoms with Crippen molar-refractivity contribution >= 4 is 29.1 Å². The summed E-state index contributed by atoms with van der Waals surface area (Å²) < 4.78 is 5.20. The van der Waals surface area contributed by atoms with Crippen molar-refractivity contribution in [1.29, 1.82) is 5.26 Å². The first-order chi connectivity index (χ1) is 12.5. The molecule has 0 amide bonds. The van der Waals surface area contributed by atoms with Gasteiger partial charge >= 0.3 is 5.97 Å². The van der Waals surface area contributed by atoms with Gasteiger partial charge in [-0.1, -0.05) is 17.8 Å². The predicted molar refractivity (Wildman–Crippen MR) is 104 cm³/mol. The molecule has 0 aromatic carbocycles. The quantitative estimate of drug-likeness (QED) is 0.575. The van der Waals surface area contributed by atoms with Gasteiger partial charge in [-0.05, 0) is 37.9 Å². The molecule has 5 nitrogen and oxygen atoms in total. The topological polar surface area (TPSA) is 66.2 Å². The average molecular weight is 388 g/mol. The zero-order valence-corrected chi connectivity index (χ0v) is 16.7. The molecule has 0 N–H and O–H groups in total. The summed E-state index contributed by atoms with van der Waals surface area (Å²) in [5.74, 6) is -0.131. The fourth-order valence-electron chi connectivity index (χ4n) is 3.00. The highest BCUT2D eigenvalue weighted by Gasteiger charge is 2.25. The van der Waals surface area contributed by atoms with Crippen molar-refractivity contribution < 1.29 is 9.53 Å². The van der Waals surface area contributed by atoms with Gasteiger partial charge in [0.1, 0.15) is 11.1 Å². The molecule has 2 aromatic heterocycles. The molecule has 0 fully saturated rings. The van der Waals surface area contributed by atoms with E-state index in [2.05, 4.69) is 18.0 Å². The Bertz CT molecular complexity index is 841. The second kappa shape index (κ2) is 8.21. The van der Waals surface area contributed by atoms with Crippen LogP contribution in [0.15, 0.2) is 22.5 Å². The maximum atomic E-state index is 11.9. The summed E-state index contributed by atoms with van der Waals surface area (Å²) in [7, 11) is 2.08. The summed E-state index contributed by atoms with van der Waals surface area (Å²) in [6, 6.07) is 6.37. The van der Waals surface area contributed by atoms with Crippen molar-refractivity contribution in [3.05, 3.63) is 34.3 Å². The maximum Gasteiger partial charge on any atom is 0.316 e. The number of carbonyl (C=O) groups excluding carboxylic acids is 1. The summed E-state index contributed by atoms with van der Waals surface area (Å²) >= 11 is 2.91. The Morgan fingerprint density at radius 1 is 1.54 bits per heavy atom. The molecule has 136 valence electrons. The minimum Gasteiger partial charge on any atom is -0.462 e. The fourth-order valence-corrected chi connectivity index (χ4v) is 4.59. The van der Waals surface area contributed by atoms with Gasteiger partial charge in [0.15, 0.2) is 0 Å². The van der Waals surface area contributed by atoms with Crippen LogP contribution in [-0.4, -0.2) is 41.3 Å². The Morgan fingerprint density at radius 2 is 2.35 bits per heavy atom. The van der Waals surface area contributed by atoms with Crippen molar-refractivity contribution in [3.8, 4) is 16.5 Å². The Labute approximate surface area is 162 Å². The second-order valence-corrected chi connectivity index (χ2v) is 8.41. The third kappa shape index (κ3) is 4.09. The maximum absolute atomic E-state index is 11.9. The lowest BCUT2D eigenvalue weighted by molar-refractivity contribution is -0.144. The average Bonchev–Trinajstić information content (AvgIpc) is 3.12. The number of nitriles is 1. The van der Waals surface area contributed by atoms with Crippen molar-refractivity contribution in [2.24, 2.45) is 0 Å². The van der Waals surface area contributed by atoms with Crippen LogP contribution >= 0.6 is 23.1 Å². The van der Waals surface area contributed by atoms with Crippen LogP contribution in [-0.2, 0) is 22.5 Å². The number of nitrogens with zero attached hydrogens (tertiary/aromatic N) is 3. The SMILES string of the molecule is CC(C)OC(=O)CSc1nc2c(c(-c3cccs3)c1C#N)CN(C)CC2. The molecule has 1 aliphatic rings. The number of aromatic nitrogens is 1.